The number of rotatable bonds is 5. The number of allylic oxidation sites excluding steroid dienone is 1. The molecule has 4 aromatic rings. The molecule has 3 aliphatic rings. The summed E-state index contributed by atoms with van der Waals surface area (Å²) in [5.41, 5.74) is 6.75. The summed E-state index contributed by atoms with van der Waals surface area (Å²) < 4.78 is 28.1. The van der Waals surface area contributed by atoms with E-state index in [2.05, 4.69) is 78.0 Å². The van der Waals surface area contributed by atoms with Gasteiger partial charge in [-0.3, -0.25) is 0 Å². The van der Waals surface area contributed by atoms with Crippen LogP contribution in [0, 0.1) is 3.57 Å². The Hall–Kier alpha value is -2.88. The fraction of sp³-hybridized carbons (Fsp3) is 0.364. The number of benzene rings is 3. The van der Waals surface area contributed by atoms with Crippen molar-refractivity contribution in [3.63, 3.8) is 0 Å². The number of halogens is 1. The molecular weight excluding hydrogens is 615 g/mol. The van der Waals surface area contributed by atoms with E-state index in [9.17, 15) is 0 Å². The van der Waals surface area contributed by atoms with Gasteiger partial charge in [0.05, 0.1) is 18.3 Å². The van der Waals surface area contributed by atoms with Gasteiger partial charge in [0.1, 0.15) is 17.6 Å². The number of ether oxygens (including phenoxy) is 4. The van der Waals surface area contributed by atoms with E-state index in [0.29, 0.717) is 0 Å². The Kier molecular flexibility index (Phi) is 7.28. The lowest BCUT2D eigenvalue weighted by atomic mass is 9.86. The fourth-order valence-electron chi connectivity index (χ4n) is 6.07. The van der Waals surface area contributed by atoms with Crippen LogP contribution in [0.2, 0.25) is 0 Å². The fourth-order valence-corrected chi connectivity index (χ4v) is 6.43. The van der Waals surface area contributed by atoms with E-state index in [4.69, 9.17) is 24.0 Å². The highest BCUT2D eigenvalue weighted by Gasteiger charge is 2.30. The second-order valence-electron chi connectivity index (χ2n) is 10.8. The summed E-state index contributed by atoms with van der Waals surface area (Å²) in [6.45, 7) is 3.75. The molecule has 2 fully saturated rings. The molecule has 0 amide bonds. The predicted octanol–water partition coefficient (Wildman–Crippen LogP) is 8.31. The molecule has 0 N–H and O–H groups in total. The van der Waals surface area contributed by atoms with Crippen molar-refractivity contribution in [1.29, 1.82) is 0 Å². The van der Waals surface area contributed by atoms with Gasteiger partial charge >= 0.3 is 0 Å². The van der Waals surface area contributed by atoms with Crippen LogP contribution in [0.15, 0.2) is 66.9 Å². The summed E-state index contributed by atoms with van der Waals surface area (Å²) in [7, 11) is 0. The first-order chi connectivity index (χ1) is 19.6. The summed E-state index contributed by atoms with van der Waals surface area (Å²) in [5.74, 6) is 1.68. The Balaban J connectivity index is 1.30. The summed E-state index contributed by atoms with van der Waals surface area (Å²) in [5, 5.41) is 5.83. The monoisotopic (exact) mass is 648 g/mol. The third kappa shape index (κ3) is 5.03. The Bertz CT molecular complexity index is 1550. The second-order valence-corrected chi connectivity index (χ2v) is 12.1. The molecule has 0 saturated carbocycles. The van der Waals surface area contributed by atoms with Crippen LogP contribution in [0.1, 0.15) is 74.5 Å². The van der Waals surface area contributed by atoms with Gasteiger partial charge in [-0.1, -0.05) is 18.2 Å². The Labute approximate surface area is 248 Å². The number of fused-ring (bicyclic) bond motifs is 2. The van der Waals surface area contributed by atoms with Crippen molar-refractivity contribution in [2.75, 3.05) is 13.2 Å². The van der Waals surface area contributed by atoms with Gasteiger partial charge in [-0.25, -0.2) is 4.68 Å². The molecule has 7 heteroatoms. The lowest BCUT2D eigenvalue weighted by Gasteiger charge is -2.32. The minimum absolute atomic E-state index is 0.00838. The molecule has 0 bridgehead atoms. The number of aromatic nitrogens is 2. The molecule has 1 aromatic heterocycles. The van der Waals surface area contributed by atoms with E-state index in [1.54, 1.807) is 0 Å². The molecule has 206 valence electrons. The molecule has 4 heterocycles. The summed E-state index contributed by atoms with van der Waals surface area (Å²) in [6.07, 6.45) is 7.98. The normalized spacial score (nSPS) is 23.1. The third-order valence-corrected chi connectivity index (χ3v) is 8.90. The highest BCUT2D eigenvalue weighted by molar-refractivity contribution is 14.1. The first-order valence-electron chi connectivity index (χ1n) is 14.3. The van der Waals surface area contributed by atoms with Crippen molar-refractivity contribution < 1.29 is 18.9 Å². The minimum atomic E-state index is -0.230. The van der Waals surface area contributed by atoms with E-state index in [-0.39, 0.29) is 18.6 Å². The molecule has 3 aromatic carbocycles. The van der Waals surface area contributed by atoms with Crippen molar-refractivity contribution in [3.05, 3.63) is 87.1 Å². The van der Waals surface area contributed by atoms with Crippen molar-refractivity contribution in [3.8, 4) is 11.5 Å². The Morgan fingerprint density at radius 2 is 1.73 bits per heavy atom. The zero-order valence-electron chi connectivity index (χ0n) is 22.6. The maximum atomic E-state index is 6.76. The molecule has 0 aliphatic carbocycles. The first-order valence-corrected chi connectivity index (χ1v) is 15.4. The van der Waals surface area contributed by atoms with Gasteiger partial charge in [-0.2, -0.15) is 5.10 Å². The molecule has 7 rings (SSSR count). The average molecular weight is 649 g/mol. The number of hydrogen-bond donors (Lipinski definition) is 0. The van der Waals surface area contributed by atoms with Gasteiger partial charge in [0, 0.05) is 33.1 Å². The average Bonchev–Trinajstić information content (AvgIpc) is 3.42. The van der Waals surface area contributed by atoms with Gasteiger partial charge < -0.3 is 18.9 Å². The van der Waals surface area contributed by atoms with E-state index >= 15 is 0 Å². The van der Waals surface area contributed by atoms with Gasteiger partial charge in [0.15, 0.2) is 12.5 Å². The van der Waals surface area contributed by atoms with Crippen LogP contribution in [0.4, 0.5) is 0 Å². The molecule has 2 saturated heterocycles. The number of nitrogens with zero attached hydrogens (tertiary/aromatic N) is 2. The van der Waals surface area contributed by atoms with Crippen molar-refractivity contribution in [2.24, 2.45) is 0 Å². The molecule has 6 nitrogen and oxygen atoms in total. The SMILES string of the molecule is CC1=C(c2ccc3c(cnn3C3CCCCO3)c2)C(c2ccc(I)cc2)Oc2ccc(OC3CCCCO3)cc21. The van der Waals surface area contributed by atoms with Crippen LogP contribution in [0.25, 0.3) is 22.0 Å². The van der Waals surface area contributed by atoms with Crippen LogP contribution in [0.5, 0.6) is 11.5 Å². The zero-order valence-corrected chi connectivity index (χ0v) is 24.8. The largest absolute Gasteiger partial charge is 0.480 e. The van der Waals surface area contributed by atoms with E-state index in [1.165, 1.54) is 15.6 Å². The molecule has 3 aliphatic heterocycles. The Morgan fingerprint density at radius 3 is 2.50 bits per heavy atom. The van der Waals surface area contributed by atoms with Crippen molar-refractivity contribution >= 4 is 44.6 Å². The Morgan fingerprint density at radius 1 is 0.900 bits per heavy atom. The molecule has 40 heavy (non-hydrogen) atoms. The lowest BCUT2D eigenvalue weighted by molar-refractivity contribution is -0.105. The van der Waals surface area contributed by atoms with Gasteiger partial charge in [-0.15, -0.1) is 0 Å². The molecular formula is C33H33IN2O4. The standard InChI is InChI=1S/C33H33IN2O4/c1-21-27-19-26(39-31-7-3-5-17-38-31)13-15-29(27)40-33(22-8-11-25(34)12-9-22)32(21)23-10-14-28-24(18-23)20-35-36(28)30-6-2-4-16-37-30/h8-15,18-20,30-31,33H,2-7,16-17H2,1H3. The molecule has 0 radical (unpaired) electrons. The van der Waals surface area contributed by atoms with Gasteiger partial charge in [-0.05, 0) is 121 Å². The number of hydrogen-bond acceptors (Lipinski definition) is 5. The first kappa shape index (κ1) is 26.0. The van der Waals surface area contributed by atoms with Crippen LogP contribution in [-0.4, -0.2) is 29.3 Å². The predicted molar refractivity (Wildman–Crippen MR) is 164 cm³/mol. The molecule has 3 unspecified atom stereocenters. The van der Waals surface area contributed by atoms with E-state index in [0.717, 1.165) is 90.0 Å². The minimum Gasteiger partial charge on any atom is -0.480 e. The van der Waals surface area contributed by atoms with Crippen molar-refractivity contribution in [1.82, 2.24) is 9.78 Å². The lowest BCUT2D eigenvalue weighted by Crippen LogP contribution is -2.25. The molecule has 0 spiro atoms. The van der Waals surface area contributed by atoms with Crippen LogP contribution >= 0.6 is 22.6 Å². The van der Waals surface area contributed by atoms with Crippen LogP contribution < -0.4 is 9.47 Å². The van der Waals surface area contributed by atoms with Gasteiger partial charge in [0.25, 0.3) is 0 Å². The van der Waals surface area contributed by atoms with E-state index in [1.807, 2.05) is 23.0 Å². The highest BCUT2D eigenvalue weighted by atomic mass is 127. The quantitative estimate of drug-likeness (QED) is 0.204. The zero-order chi connectivity index (χ0) is 27.1. The molecule has 3 atom stereocenters. The van der Waals surface area contributed by atoms with E-state index < -0.39 is 0 Å². The van der Waals surface area contributed by atoms with Crippen LogP contribution in [0.3, 0.4) is 0 Å². The third-order valence-electron chi connectivity index (χ3n) is 8.18. The summed E-state index contributed by atoms with van der Waals surface area (Å²) in [6, 6.07) is 21.4. The highest BCUT2D eigenvalue weighted by Crippen LogP contribution is 2.48. The summed E-state index contributed by atoms with van der Waals surface area (Å²) >= 11 is 2.35. The second kappa shape index (κ2) is 11.2. The summed E-state index contributed by atoms with van der Waals surface area (Å²) in [4.78, 5) is 0. The maximum Gasteiger partial charge on any atom is 0.199 e. The maximum absolute atomic E-state index is 6.76. The van der Waals surface area contributed by atoms with Crippen molar-refractivity contribution in [2.45, 2.75) is 64.1 Å². The topological polar surface area (TPSA) is 54.7 Å². The van der Waals surface area contributed by atoms with Gasteiger partial charge in [0.2, 0.25) is 0 Å². The van der Waals surface area contributed by atoms with Crippen LogP contribution in [-0.2, 0) is 9.47 Å². The smallest absolute Gasteiger partial charge is 0.199 e.